The molecule has 0 fully saturated rings. The SMILES string of the molecule is N#CCCN(CCSc1ccc(Cl)cc1)Cc1ccco1. The van der Waals surface area contributed by atoms with Crippen molar-refractivity contribution >= 4 is 23.4 Å². The van der Waals surface area contributed by atoms with Crippen molar-refractivity contribution in [3.05, 3.63) is 53.4 Å². The first kappa shape index (κ1) is 16.0. The van der Waals surface area contributed by atoms with Crippen molar-refractivity contribution in [3.63, 3.8) is 0 Å². The Morgan fingerprint density at radius 1 is 1.19 bits per heavy atom. The minimum atomic E-state index is 0.534. The molecule has 0 saturated heterocycles. The van der Waals surface area contributed by atoms with Crippen LogP contribution in [-0.4, -0.2) is 23.7 Å². The highest BCUT2D eigenvalue weighted by Crippen LogP contribution is 2.20. The third-order valence-corrected chi connectivity index (χ3v) is 4.23. The molecule has 2 aromatic rings. The molecule has 0 amide bonds. The second kappa shape index (κ2) is 8.78. The zero-order valence-electron chi connectivity index (χ0n) is 11.7. The molecule has 0 atom stereocenters. The Kier molecular flexibility index (Phi) is 6.68. The zero-order valence-corrected chi connectivity index (χ0v) is 13.2. The van der Waals surface area contributed by atoms with Crippen molar-refractivity contribution in [2.24, 2.45) is 0 Å². The van der Waals surface area contributed by atoms with Gasteiger partial charge in [0.15, 0.2) is 0 Å². The fraction of sp³-hybridized carbons (Fsp3) is 0.312. The molecule has 5 heteroatoms. The lowest BCUT2D eigenvalue weighted by atomic mass is 10.3. The number of hydrogen-bond acceptors (Lipinski definition) is 4. The van der Waals surface area contributed by atoms with Crippen LogP contribution in [0.5, 0.6) is 0 Å². The van der Waals surface area contributed by atoms with Gasteiger partial charge in [-0.2, -0.15) is 5.26 Å². The van der Waals surface area contributed by atoms with Crippen LogP contribution in [0.3, 0.4) is 0 Å². The van der Waals surface area contributed by atoms with E-state index in [0.29, 0.717) is 6.42 Å². The summed E-state index contributed by atoms with van der Waals surface area (Å²) in [5.41, 5.74) is 0. The summed E-state index contributed by atoms with van der Waals surface area (Å²) in [6, 6.07) is 13.9. The Balaban J connectivity index is 1.80. The van der Waals surface area contributed by atoms with Gasteiger partial charge >= 0.3 is 0 Å². The van der Waals surface area contributed by atoms with Crippen LogP contribution in [0.25, 0.3) is 0 Å². The van der Waals surface area contributed by atoms with E-state index in [1.165, 1.54) is 4.90 Å². The molecule has 0 N–H and O–H groups in total. The number of furan rings is 1. The molecule has 0 aliphatic carbocycles. The molecule has 3 nitrogen and oxygen atoms in total. The second-order valence-corrected chi connectivity index (χ2v) is 6.17. The molecule has 0 bridgehead atoms. The van der Waals surface area contributed by atoms with Crippen LogP contribution < -0.4 is 0 Å². The normalized spacial score (nSPS) is 10.7. The smallest absolute Gasteiger partial charge is 0.117 e. The summed E-state index contributed by atoms with van der Waals surface area (Å²) in [5, 5.41) is 9.51. The molecule has 0 unspecified atom stereocenters. The first-order chi connectivity index (χ1) is 10.3. The van der Waals surface area contributed by atoms with Gasteiger partial charge in [0.05, 0.1) is 18.9 Å². The minimum Gasteiger partial charge on any atom is -0.468 e. The van der Waals surface area contributed by atoms with Crippen molar-refractivity contribution in [1.82, 2.24) is 4.90 Å². The van der Waals surface area contributed by atoms with Crippen molar-refractivity contribution in [2.75, 3.05) is 18.8 Å². The maximum Gasteiger partial charge on any atom is 0.117 e. The van der Waals surface area contributed by atoms with E-state index in [-0.39, 0.29) is 0 Å². The van der Waals surface area contributed by atoms with Crippen LogP contribution in [0.1, 0.15) is 12.2 Å². The highest BCUT2D eigenvalue weighted by molar-refractivity contribution is 7.99. The van der Waals surface area contributed by atoms with Gasteiger partial charge in [0, 0.05) is 35.2 Å². The van der Waals surface area contributed by atoms with Gasteiger partial charge in [-0.3, -0.25) is 4.90 Å². The highest BCUT2D eigenvalue weighted by Gasteiger charge is 2.08. The number of nitrogens with zero attached hydrogens (tertiary/aromatic N) is 2. The Morgan fingerprint density at radius 3 is 2.67 bits per heavy atom. The lowest BCUT2D eigenvalue weighted by Crippen LogP contribution is -2.26. The van der Waals surface area contributed by atoms with E-state index in [9.17, 15) is 0 Å². The van der Waals surface area contributed by atoms with Crippen molar-refractivity contribution in [2.45, 2.75) is 17.9 Å². The maximum absolute atomic E-state index is 8.75. The van der Waals surface area contributed by atoms with Gasteiger partial charge in [-0.25, -0.2) is 0 Å². The molecule has 0 saturated carbocycles. The van der Waals surface area contributed by atoms with Crippen molar-refractivity contribution in [3.8, 4) is 6.07 Å². The summed E-state index contributed by atoms with van der Waals surface area (Å²) in [4.78, 5) is 3.45. The third kappa shape index (κ3) is 5.84. The molecule has 21 heavy (non-hydrogen) atoms. The average Bonchev–Trinajstić information content (AvgIpc) is 2.99. The van der Waals surface area contributed by atoms with Crippen molar-refractivity contribution < 1.29 is 4.42 Å². The number of rotatable bonds is 8. The summed E-state index contributed by atoms with van der Waals surface area (Å²) < 4.78 is 5.38. The van der Waals surface area contributed by atoms with Crippen molar-refractivity contribution in [1.29, 1.82) is 5.26 Å². The zero-order chi connectivity index (χ0) is 14.9. The molecule has 110 valence electrons. The third-order valence-electron chi connectivity index (χ3n) is 2.99. The number of nitriles is 1. The summed E-state index contributed by atoms with van der Waals surface area (Å²) in [6.07, 6.45) is 2.21. The van der Waals surface area contributed by atoms with E-state index >= 15 is 0 Å². The Bertz CT molecular complexity index is 563. The average molecular weight is 321 g/mol. The van der Waals surface area contributed by atoms with E-state index < -0.39 is 0 Å². The fourth-order valence-electron chi connectivity index (χ4n) is 1.92. The van der Waals surface area contributed by atoms with Gasteiger partial charge in [0.1, 0.15) is 5.76 Å². The molecule has 0 aliphatic heterocycles. The van der Waals surface area contributed by atoms with Gasteiger partial charge in [-0.1, -0.05) is 11.6 Å². The van der Waals surface area contributed by atoms with Crippen LogP contribution in [-0.2, 0) is 6.54 Å². The Labute approximate surface area is 134 Å². The summed E-state index contributed by atoms with van der Waals surface area (Å²) in [7, 11) is 0. The van der Waals surface area contributed by atoms with Crippen LogP contribution in [0.2, 0.25) is 5.02 Å². The van der Waals surface area contributed by atoms with Gasteiger partial charge < -0.3 is 4.42 Å². The molecule has 2 rings (SSSR count). The van der Waals surface area contributed by atoms with E-state index in [2.05, 4.69) is 11.0 Å². The predicted octanol–water partition coefficient (Wildman–Crippen LogP) is 4.44. The summed E-state index contributed by atoms with van der Waals surface area (Å²) in [5.74, 6) is 1.90. The highest BCUT2D eigenvalue weighted by atomic mass is 35.5. The van der Waals surface area contributed by atoms with Gasteiger partial charge in [0.2, 0.25) is 0 Å². The van der Waals surface area contributed by atoms with Gasteiger partial charge in [-0.05, 0) is 36.4 Å². The molecular weight excluding hydrogens is 304 g/mol. The topological polar surface area (TPSA) is 40.2 Å². The molecule has 0 radical (unpaired) electrons. The molecule has 1 aromatic carbocycles. The first-order valence-electron chi connectivity index (χ1n) is 6.78. The number of thioether (sulfide) groups is 1. The minimum absolute atomic E-state index is 0.534. The summed E-state index contributed by atoms with van der Waals surface area (Å²) in [6.45, 7) is 2.42. The quantitative estimate of drug-likeness (QED) is 0.674. The molecule has 0 spiro atoms. The number of halogens is 1. The van der Waals surface area contributed by atoms with E-state index in [1.54, 1.807) is 18.0 Å². The second-order valence-electron chi connectivity index (χ2n) is 4.57. The lowest BCUT2D eigenvalue weighted by Gasteiger charge is -2.19. The van der Waals surface area contributed by atoms with E-state index in [1.807, 2.05) is 36.4 Å². The van der Waals surface area contributed by atoms with Crippen LogP contribution >= 0.6 is 23.4 Å². The largest absolute Gasteiger partial charge is 0.468 e. The molecule has 1 heterocycles. The number of hydrogen-bond donors (Lipinski definition) is 0. The van der Waals surface area contributed by atoms with E-state index in [4.69, 9.17) is 21.3 Å². The molecule has 1 aromatic heterocycles. The van der Waals surface area contributed by atoms with E-state index in [0.717, 1.165) is 36.2 Å². The molecular formula is C16H17ClN2OS. The van der Waals surface area contributed by atoms with Crippen LogP contribution in [0.4, 0.5) is 0 Å². The fourth-order valence-corrected chi connectivity index (χ4v) is 2.96. The monoisotopic (exact) mass is 320 g/mol. The van der Waals surface area contributed by atoms with Crippen LogP contribution in [0, 0.1) is 11.3 Å². The first-order valence-corrected chi connectivity index (χ1v) is 8.14. The van der Waals surface area contributed by atoms with Crippen LogP contribution in [0.15, 0.2) is 52.0 Å². The van der Waals surface area contributed by atoms with Gasteiger partial charge in [0.25, 0.3) is 0 Å². The molecule has 0 aliphatic rings. The lowest BCUT2D eigenvalue weighted by molar-refractivity contribution is 0.263. The predicted molar refractivity (Wildman–Crippen MR) is 86.4 cm³/mol. The summed E-state index contributed by atoms with van der Waals surface area (Å²) >= 11 is 7.66. The number of benzene rings is 1. The Hall–Kier alpha value is -1.41. The maximum atomic E-state index is 8.75. The van der Waals surface area contributed by atoms with Gasteiger partial charge in [-0.15, -0.1) is 11.8 Å². The standard InChI is InChI=1S/C16H17ClN2OS/c17-14-4-6-16(7-5-14)21-12-10-19(9-2-8-18)13-15-3-1-11-20-15/h1,3-7,11H,2,9-10,12-13H2. The Morgan fingerprint density at radius 2 is 2.00 bits per heavy atom.